The van der Waals surface area contributed by atoms with Gasteiger partial charge in [-0.05, 0) is 55.5 Å². The minimum Gasteiger partial charge on any atom is -0.495 e. The molecule has 1 fully saturated rings. The van der Waals surface area contributed by atoms with E-state index in [0.29, 0.717) is 6.10 Å². The average molecular weight is 330 g/mol. The van der Waals surface area contributed by atoms with Gasteiger partial charge >= 0.3 is 0 Å². The van der Waals surface area contributed by atoms with Crippen LogP contribution in [0.25, 0.3) is 27.4 Å². The topological polar surface area (TPSA) is 37.9 Å². The third kappa shape index (κ3) is 3.10. The van der Waals surface area contributed by atoms with Gasteiger partial charge in [-0.2, -0.15) is 0 Å². The summed E-state index contributed by atoms with van der Waals surface area (Å²) in [7, 11) is 0. The van der Waals surface area contributed by atoms with E-state index in [2.05, 4.69) is 40.8 Å². The second-order valence-electron chi connectivity index (χ2n) is 6.58. The van der Waals surface area contributed by atoms with Crippen molar-refractivity contribution >= 4 is 27.4 Å². The van der Waals surface area contributed by atoms with E-state index in [9.17, 15) is 0 Å². The predicted molar refractivity (Wildman–Crippen MR) is 104 cm³/mol. The summed E-state index contributed by atoms with van der Waals surface area (Å²) in [6, 6.07) is 8.44. The van der Waals surface area contributed by atoms with E-state index < -0.39 is 0 Å². The lowest BCUT2D eigenvalue weighted by atomic mass is 9.96. The van der Waals surface area contributed by atoms with Crippen LogP contribution in [0.3, 0.4) is 0 Å². The van der Waals surface area contributed by atoms with Gasteiger partial charge in [0.1, 0.15) is 0 Å². The van der Waals surface area contributed by atoms with Gasteiger partial charge in [-0.25, -0.2) is 0 Å². The Bertz CT molecular complexity index is 990. The molecule has 0 bridgehead atoms. The van der Waals surface area contributed by atoms with Gasteiger partial charge in [-0.1, -0.05) is 30.9 Å². The van der Waals surface area contributed by atoms with E-state index >= 15 is 0 Å². The van der Waals surface area contributed by atoms with Crippen molar-refractivity contribution in [1.82, 2.24) is 9.97 Å². The Hall–Kier alpha value is -2.81. The van der Waals surface area contributed by atoms with Gasteiger partial charge in [-0.3, -0.25) is 4.98 Å². The van der Waals surface area contributed by atoms with Crippen molar-refractivity contribution in [3.63, 3.8) is 0 Å². The smallest absolute Gasteiger partial charge is 0.0982 e. The zero-order valence-corrected chi connectivity index (χ0v) is 14.5. The number of rotatable bonds is 5. The molecule has 0 unspecified atom stereocenters. The summed E-state index contributed by atoms with van der Waals surface area (Å²) in [4.78, 5) is 7.69. The fourth-order valence-corrected chi connectivity index (χ4v) is 3.21. The fraction of sp³-hybridized carbons (Fsp3) is 0.227. The number of aromatic amines is 1. The van der Waals surface area contributed by atoms with Gasteiger partial charge in [0.25, 0.3) is 0 Å². The average Bonchev–Trinajstić information content (AvgIpc) is 2.96. The predicted octanol–water partition coefficient (Wildman–Crippen LogP) is 5.76. The summed E-state index contributed by atoms with van der Waals surface area (Å²) in [5, 5.41) is 2.34. The highest BCUT2D eigenvalue weighted by Crippen LogP contribution is 2.28. The first-order valence-electron chi connectivity index (χ1n) is 8.78. The minimum atomic E-state index is 0.410. The Morgan fingerprint density at radius 3 is 2.84 bits per heavy atom. The molecule has 4 rings (SSSR count). The second-order valence-corrected chi connectivity index (χ2v) is 6.58. The number of ether oxygens (including phenoxy) is 1. The molecular weight excluding hydrogens is 308 g/mol. The summed E-state index contributed by atoms with van der Waals surface area (Å²) in [5.41, 5.74) is 4.43. The Morgan fingerprint density at radius 1 is 1.20 bits per heavy atom. The minimum absolute atomic E-state index is 0.410. The van der Waals surface area contributed by atoms with Crippen LogP contribution in [0.4, 0.5) is 0 Å². The van der Waals surface area contributed by atoms with Crippen molar-refractivity contribution in [2.24, 2.45) is 0 Å². The van der Waals surface area contributed by atoms with Crippen LogP contribution >= 0.6 is 0 Å². The summed E-state index contributed by atoms with van der Waals surface area (Å²) in [6.45, 7) is 5.99. The zero-order valence-electron chi connectivity index (χ0n) is 14.5. The molecule has 2 heterocycles. The lowest BCUT2D eigenvalue weighted by Gasteiger charge is -2.26. The highest BCUT2D eigenvalue weighted by Gasteiger charge is 2.18. The van der Waals surface area contributed by atoms with E-state index in [4.69, 9.17) is 4.74 Å². The van der Waals surface area contributed by atoms with Gasteiger partial charge in [0.15, 0.2) is 0 Å². The van der Waals surface area contributed by atoms with Gasteiger partial charge in [0.05, 0.1) is 11.9 Å². The largest absolute Gasteiger partial charge is 0.495 e. The number of hydrogen-bond donors (Lipinski definition) is 1. The first kappa shape index (κ1) is 15.7. The molecular formula is C22H22N2O. The van der Waals surface area contributed by atoms with Crippen molar-refractivity contribution in [2.75, 3.05) is 0 Å². The SMILES string of the molecule is C=C/C(=C\C=C(/C)OC1CCC1)c1ccc2c(c1)[nH]c1ccncc12. The number of fused-ring (bicyclic) bond motifs is 3. The van der Waals surface area contributed by atoms with E-state index in [1.54, 1.807) is 0 Å². The molecule has 0 saturated heterocycles. The maximum Gasteiger partial charge on any atom is 0.0982 e. The van der Waals surface area contributed by atoms with Gasteiger partial charge in [-0.15, -0.1) is 0 Å². The van der Waals surface area contributed by atoms with Crippen LogP contribution < -0.4 is 0 Å². The Kier molecular flexibility index (Phi) is 4.14. The second kappa shape index (κ2) is 6.60. The maximum atomic E-state index is 5.90. The van der Waals surface area contributed by atoms with E-state index in [1.165, 1.54) is 24.6 Å². The van der Waals surface area contributed by atoms with Crippen LogP contribution in [0.1, 0.15) is 31.7 Å². The molecule has 3 nitrogen and oxygen atoms in total. The van der Waals surface area contributed by atoms with Crippen LogP contribution in [0.5, 0.6) is 0 Å². The molecule has 0 aliphatic heterocycles. The molecule has 0 amide bonds. The summed E-state index contributed by atoms with van der Waals surface area (Å²) >= 11 is 0. The molecule has 1 aliphatic carbocycles. The first-order chi connectivity index (χ1) is 12.2. The maximum absolute atomic E-state index is 5.90. The molecule has 1 saturated carbocycles. The monoisotopic (exact) mass is 330 g/mol. The third-order valence-electron chi connectivity index (χ3n) is 4.86. The van der Waals surface area contributed by atoms with E-state index in [-0.39, 0.29) is 0 Å². The molecule has 2 aromatic heterocycles. The van der Waals surface area contributed by atoms with Crippen LogP contribution in [-0.2, 0) is 4.74 Å². The molecule has 3 aromatic rings. The molecule has 0 atom stereocenters. The molecule has 25 heavy (non-hydrogen) atoms. The zero-order chi connectivity index (χ0) is 17.2. The lowest BCUT2D eigenvalue weighted by Crippen LogP contribution is -2.20. The van der Waals surface area contributed by atoms with Crippen LogP contribution in [0, 0.1) is 0 Å². The number of pyridine rings is 1. The van der Waals surface area contributed by atoms with Gasteiger partial charge < -0.3 is 9.72 Å². The Balaban J connectivity index is 1.65. The number of nitrogens with zero attached hydrogens (tertiary/aromatic N) is 1. The molecule has 1 aromatic carbocycles. The van der Waals surface area contributed by atoms with Crippen LogP contribution in [0.2, 0.25) is 0 Å². The Morgan fingerprint density at radius 2 is 2.08 bits per heavy atom. The quantitative estimate of drug-likeness (QED) is 0.477. The van der Waals surface area contributed by atoms with Crippen molar-refractivity contribution in [2.45, 2.75) is 32.3 Å². The normalized spacial score (nSPS) is 16.2. The first-order valence-corrected chi connectivity index (χ1v) is 8.78. The van der Waals surface area contributed by atoms with Crippen molar-refractivity contribution in [3.05, 3.63) is 72.8 Å². The highest BCUT2D eigenvalue weighted by atomic mass is 16.5. The van der Waals surface area contributed by atoms with Crippen LogP contribution in [0.15, 0.2) is 67.2 Å². The number of aromatic nitrogens is 2. The number of allylic oxidation sites excluding steroid dienone is 5. The summed E-state index contributed by atoms with van der Waals surface area (Å²) in [5.74, 6) is 0.960. The number of hydrogen-bond acceptors (Lipinski definition) is 2. The molecule has 126 valence electrons. The van der Waals surface area contributed by atoms with Crippen molar-refractivity contribution in [1.29, 1.82) is 0 Å². The summed E-state index contributed by atoms with van der Waals surface area (Å²) < 4.78 is 5.90. The van der Waals surface area contributed by atoms with Gasteiger partial charge in [0.2, 0.25) is 0 Å². The van der Waals surface area contributed by atoms with E-state index in [0.717, 1.165) is 33.3 Å². The molecule has 1 aliphatic rings. The molecule has 0 spiro atoms. The number of nitrogens with one attached hydrogen (secondary N) is 1. The molecule has 0 radical (unpaired) electrons. The molecule has 1 N–H and O–H groups in total. The standard InChI is InChI=1S/C22H22N2O/c1-3-16(8-7-15(2)25-18-5-4-6-18)17-9-10-19-20-14-23-12-11-21(20)24-22(19)13-17/h3,7-14,18,24H,1,4-6H2,2H3/b15-7+,16-8+. The van der Waals surface area contributed by atoms with Crippen molar-refractivity contribution < 1.29 is 4.74 Å². The number of H-pyrrole nitrogens is 1. The van der Waals surface area contributed by atoms with E-state index in [1.807, 2.05) is 37.5 Å². The Labute approximate surface area is 147 Å². The number of benzene rings is 1. The molecule has 3 heteroatoms. The van der Waals surface area contributed by atoms with Crippen molar-refractivity contribution in [3.8, 4) is 0 Å². The third-order valence-corrected chi connectivity index (χ3v) is 4.86. The summed E-state index contributed by atoms with van der Waals surface area (Å²) in [6.07, 6.45) is 13.8. The lowest BCUT2D eigenvalue weighted by molar-refractivity contribution is 0.0534. The van der Waals surface area contributed by atoms with Crippen LogP contribution in [-0.4, -0.2) is 16.1 Å². The highest BCUT2D eigenvalue weighted by molar-refractivity contribution is 6.07. The van der Waals surface area contributed by atoms with Gasteiger partial charge in [0, 0.05) is 34.2 Å². The fourth-order valence-electron chi connectivity index (χ4n) is 3.21.